The largest absolute Gasteiger partial charge is 0.493 e. The zero-order valence-corrected chi connectivity index (χ0v) is 10.7. The van der Waals surface area contributed by atoms with E-state index in [9.17, 15) is 0 Å². The molecule has 1 atom stereocenters. The molecule has 0 aromatic heterocycles. The molecule has 1 unspecified atom stereocenters. The van der Waals surface area contributed by atoms with Crippen molar-refractivity contribution in [1.82, 2.24) is 0 Å². The van der Waals surface area contributed by atoms with Crippen LogP contribution in [0.2, 0.25) is 0 Å². The summed E-state index contributed by atoms with van der Waals surface area (Å²) in [5.41, 5.74) is 8.82. The van der Waals surface area contributed by atoms with E-state index in [1.54, 1.807) is 0 Å². The molecule has 98 valence electrons. The van der Waals surface area contributed by atoms with Gasteiger partial charge in [0.2, 0.25) is 0 Å². The zero-order chi connectivity index (χ0) is 13.1. The summed E-state index contributed by atoms with van der Waals surface area (Å²) >= 11 is 0. The summed E-state index contributed by atoms with van der Waals surface area (Å²) in [4.78, 5) is 0. The molecule has 0 radical (unpaired) electrons. The van der Waals surface area contributed by atoms with Crippen molar-refractivity contribution < 1.29 is 9.47 Å². The highest BCUT2D eigenvalue weighted by molar-refractivity contribution is 5.40. The van der Waals surface area contributed by atoms with E-state index in [-0.39, 0.29) is 0 Å². The van der Waals surface area contributed by atoms with Crippen molar-refractivity contribution in [1.29, 1.82) is 0 Å². The maximum Gasteiger partial charge on any atom is 0.123 e. The van der Waals surface area contributed by atoms with Crippen LogP contribution in [0, 0.1) is 0 Å². The lowest BCUT2D eigenvalue weighted by Crippen LogP contribution is -2.09. The molecule has 2 aromatic rings. The van der Waals surface area contributed by atoms with Gasteiger partial charge in [-0.05, 0) is 23.8 Å². The van der Waals surface area contributed by atoms with Crippen LogP contribution in [0.15, 0.2) is 48.5 Å². The molecular weight excluding hydrogens is 238 g/mol. The lowest BCUT2D eigenvalue weighted by Gasteiger charge is -2.10. The molecule has 0 amide bonds. The summed E-state index contributed by atoms with van der Waals surface area (Å²) in [7, 11) is 0. The van der Waals surface area contributed by atoms with Crippen molar-refractivity contribution in [2.24, 2.45) is 0 Å². The van der Waals surface area contributed by atoms with Gasteiger partial charge in [-0.2, -0.15) is 0 Å². The molecule has 0 spiro atoms. The lowest BCUT2D eigenvalue weighted by molar-refractivity contribution is 0.100. The molecule has 0 saturated carbocycles. The topological polar surface area (TPSA) is 44.5 Å². The number of hydrogen-bond donors (Lipinski definition) is 1. The summed E-state index contributed by atoms with van der Waals surface area (Å²) in [5, 5.41) is 0. The highest BCUT2D eigenvalue weighted by atomic mass is 16.5. The molecule has 0 saturated heterocycles. The number of benzene rings is 2. The summed E-state index contributed by atoms with van der Waals surface area (Å²) in [6.45, 7) is 2.00. The van der Waals surface area contributed by atoms with E-state index in [1.807, 2.05) is 42.5 Å². The highest BCUT2D eigenvalue weighted by Crippen LogP contribution is 2.33. The van der Waals surface area contributed by atoms with Crippen LogP contribution in [0.4, 0.5) is 5.69 Å². The van der Waals surface area contributed by atoms with Gasteiger partial charge in [-0.1, -0.05) is 30.3 Å². The van der Waals surface area contributed by atoms with Crippen molar-refractivity contribution >= 4 is 5.69 Å². The number of ether oxygens (including phenoxy) is 2. The van der Waals surface area contributed by atoms with Gasteiger partial charge in [0.15, 0.2) is 0 Å². The third-order valence-corrected chi connectivity index (χ3v) is 3.37. The van der Waals surface area contributed by atoms with Gasteiger partial charge in [0.25, 0.3) is 0 Å². The predicted molar refractivity (Wildman–Crippen MR) is 75.2 cm³/mol. The smallest absolute Gasteiger partial charge is 0.123 e. The molecule has 1 aliphatic rings. The standard InChI is InChI=1S/C16H17NO2/c17-14-7-5-12(6-8-14)9-18-10-13-11-19-16-4-2-1-3-15(13)16/h1-8,13H,9-11,17H2. The van der Waals surface area contributed by atoms with Gasteiger partial charge in [-0.15, -0.1) is 0 Å². The molecule has 1 heterocycles. The average Bonchev–Trinajstić information content (AvgIpc) is 2.85. The van der Waals surface area contributed by atoms with Gasteiger partial charge in [0.05, 0.1) is 19.8 Å². The van der Waals surface area contributed by atoms with E-state index in [4.69, 9.17) is 15.2 Å². The van der Waals surface area contributed by atoms with Crippen LogP contribution in [0.3, 0.4) is 0 Å². The molecule has 0 bridgehead atoms. The summed E-state index contributed by atoms with van der Waals surface area (Å²) in [6.07, 6.45) is 0. The van der Waals surface area contributed by atoms with E-state index in [0.717, 1.165) is 17.0 Å². The Bertz CT molecular complexity index is 551. The Morgan fingerprint density at radius 1 is 1.11 bits per heavy atom. The summed E-state index contributed by atoms with van der Waals surface area (Å²) in [5.74, 6) is 1.33. The minimum atomic E-state index is 0.338. The quantitative estimate of drug-likeness (QED) is 0.854. The number of hydrogen-bond acceptors (Lipinski definition) is 3. The van der Waals surface area contributed by atoms with Crippen LogP contribution >= 0.6 is 0 Å². The van der Waals surface area contributed by atoms with Gasteiger partial charge in [0, 0.05) is 17.2 Å². The maximum atomic E-state index is 5.78. The number of anilines is 1. The zero-order valence-electron chi connectivity index (χ0n) is 10.7. The Morgan fingerprint density at radius 3 is 2.74 bits per heavy atom. The molecule has 2 aromatic carbocycles. The SMILES string of the molecule is Nc1ccc(COCC2COc3ccccc32)cc1. The Labute approximate surface area is 113 Å². The predicted octanol–water partition coefficient (Wildman–Crippen LogP) is 2.96. The highest BCUT2D eigenvalue weighted by Gasteiger charge is 2.23. The van der Waals surface area contributed by atoms with Crippen LogP contribution in [0.25, 0.3) is 0 Å². The Morgan fingerprint density at radius 2 is 1.89 bits per heavy atom. The lowest BCUT2D eigenvalue weighted by atomic mass is 10.0. The van der Waals surface area contributed by atoms with Crippen molar-refractivity contribution in [3.8, 4) is 5.75 Å². The van der Waals surface area contributed by atoms with Gasteiger partial charge < -0.3 is 15.2 Å². The first-order valence-electron chi connectivity index (χ1n) is 6.47. The fourth-order valence-electron chi connectivity index (χ4n) is 2.30. The van der Waals surface area contributed by atoms with Crippen LogP contribution in [0.5, 0.6) is 5.75 Å². The second-order valence-corrected chi connectivity index (χ2v) is 4.80. The third kappa shape index (κ3) is 2.71. The number of nitrogen functional groups attached to an aromatic ring is 1. The summed E-state index contributed by atoms with van der Waals surface area (Å²) < 4.78 is 11.4. The maximum absolute atomic E-state index is 5.78. The van der Waals surface area contributed by atoms with E-state index in [0.29, 0.717) is 25.7 Å². The second kappa shape index (κ2) is 5.33. The molecule has 1 aliphatic heterocycles. The molecule has 3 nitrogen and oxygen atoms in total. The Kier molecular flexibility index (Phi) is 3.38. The molecule has 2 N–H and O–H groups in total. The van der Waals surface area contributed by atoms with Crippen molar-refractivity contribution in [3.05, 3.63) is 59.7 Å². The van der Waals surface area contributed by atoms with E-state index >= 15 is 0 Å². The van der Waals surface area contributed by atoms with Crippen LogP contribution in [-0.2, 0) is 11.3 Å². The number of rotatable bonds is 4. The molecule has 0 aliphatic carbocycles. The fourth-order valence-corrected chi connectivity index (χ4v) is 2.30. The average molecular weight is 255 g/mol. The van der Waals surface area contributed by atoms with E-state index < -0.39 is 0 Å². The molecule has 19 heavy (non-hydrogen) atoms. The molecule has 3 heteroatoms. The minimum Gasteiger partial charge on any atom is -0.493 e. The van der Waals surface area contributed by atoms with Crippen LogP contribution < -0.4 is 10.5 Å². The second-order valence-electron chi connectivity index (χ2n) is 4.80. The number of nitrogens with two attached hydrogens (primary N) is 1. The van der Waals surface area contributed by atoms with Crippen molar-refractivity contribution in [2.75, 3.05) is 18.9 Å². The summed E-state index contributed by atoms with van der Waals surface area (Å²) in [6, 6.07) is 15.9. The number of para-hydroxylation sites is 1. The van der Waals surface area contributed by atoms with Crippen molar-refractivity contribution in [3.63, 3.8) is 0 Å². The normalized spacial score (nSPS) is 16.9. The number of fused-ring (bicyclic) bond motifs is 1. The molecular formula is C16H17NO2. The van der Waals surface area contributed by atoms with Gasteiger partial charge in [-0.3, -0.25) is 0 Å². The Hall–Kier alpha value is -2.00. The van der Waals surface area contributed by atoms with Gasteiger partial charge in [0.1, 0.15) is 5.75 Å². The first-order chi connectivity index (χ1) is 9.33. The van der Waals surface area contributed by atoms with Gasteiger partial charge >= 0.3 is 0 Å². The first kappa shape index (κ1) is 12.1. The molecule has 3 rings (SSSR count). The third-order valence-electron chi connectivity index (χ3n) is 3.37. The van der Waals surface area contributed by atoms with E-state index in [2.05, 4.69) is 6.07 Å². The van der Waals surface area contributed by atoms with Crippen LogP contribution in [-0.4, -0.2) is 13.2 Å². The van der Waals surface area contributed by atoms with Crippen molar-refractivity contribution in [2.45, 2.75) is 12.5 Å². The monoisotopic (exact) mass is 255 g/mol. The van der Waals surface area contributed by atoms with Gasteiger partial charge in [-0.25, -0.2) is 0 Å². The fraction of sp³-hybridized carbons (Fsp3) is 0.250. The van der Waals surface area contributed by atoms with Crippen LogP contribution in [0.1, 0.15) is 17.0 Å². The first-order valence-corrected chi connectivity index (χ1v) is 6.47. The Balaban J connectivity index is 1.55. The minimum absolute atomic E-state index is 0.338. The van der Waals surface area contributed by atoms with E-state index in [1.165, 1.54) is 5.56 Å². The molecule has 0 fully saturated rings.